The molecular weight excluding hydrogens is 304 g/mol. The maximum absolute atomic E-state index is 12.5. The topological polar surface area (TPSA) is 85.3 Å². The Morgan fingerprint density at radius 2 is 2.08 bits per heavy atom. The van der Waals surface area contributed by atoms with Crippen molar-refractivity contribution in [3.63, 3.8) is 0 Å². The van der Waals surface area contributed by atoms with E-state index in [9.17, 15) is 10.1 Å². The molecule has 2 N–H and O–H groups in total. The molecule has 0 amide bonds. The van der Waals surface area contributed by atoms with E-state index in [1.54, 1.807) is 13.8 Å². The van der Waals surface area contributed by atoms with Gasteiger partial charge in [-0.3, -0.25) is 0 Å². The van der Waals surface area contributed by atoms with Gasteiger partial charge in [0.1, 0.15) is 17.4 Å². The molecule has 2 rings (SSSR count). The molecule has 0 bridgehead atoms. The monoisotopic (exact) mass is 326 g/mol. The molecule has 1 unspecified atom stereocenters. The molecule has 1 heterocycles. The molecule has 1 aliphatic heterocycles. The van der Waals surface area contributed by atoms with Crippen LogP contribution in [-0.2, 0) is 20.7 Å². The molecule has 1 aromatic rings. The van der Waals surface area contributed by atoms with Crippen molar-refractivity contribution in [2.75, 3.05) is 6.61 Å². The van der Waals surface area contributed by atoms with Crippen molar-refractivity contribution in [2.45, 2.75) is 40.0 Å². The van der Waals surface area contributed by atoms with E-state index in [0.717, 1.165) is 23.1 Å². The highest BCUT2D eigenvalue weighted by Gasteiger charge is 2.37. The molecular formula is C19H22N2O3. The molecule has 0 aromatic heterocycles. The number of carbonyl (C=O) groups excluding carboxylic acids is 1. The largest absolute Gasteiger partial charge is 0.463 e. The normalized spacial score (nSPS) is 17.4. The molecule has 0 aliphatic carbocycles. The van der Waals surface area contributed by atoms with Gasteiger partial charge in [0.25, 0.3) is 0 Å². The molecule has 5 heteroatoms. The number of benzene rings is 1. The van der Waals surface area contributed by atoms with Crippen molar-refractivity contribution in [2.24, 2.45) is 5.73 Å². The first kappa shape index (κ1) is 17.6. The van der Waals surface area contributed by atoms with Crippen LogP contribution in [0.25, 0.3) is 0 Å². The van der Waals surface area contributed by atoms with Gasteiger partial charge in [-0.15, -0.1) is 0 Å². The number of rotatable bonds is 4. The number of hydrogen-bond acceptors (Lipinski definition) is 5. The van der Waals surface area contributed by atoms with E-state index in [-0.39, 0.29) is 18.1 Å². The van der Waals surface area contributed by atoms with E-state index in [0.29, 0.717) is 11.3 Å². The molecule has 126 valence electrons. The number of esters is 1. The van der Waals surface area contributed by atoms with E-state index >= 15 is 0 Å². The summed E-state index contributed by atoms with van der Waals surface area (Å²) in [7, 11) is 0. The molecule has 0 saturated heterocycles. The Morgan fingerprint density at radius 1 is 1.38 bits per heavy atom. The van der Waals surface area contributed by atoms with Gasteiger partial charge in [0.15, 0.2) is 0 Å². The summed E-state index contributed by atoms with van der Waals surface area (Å²) >= 11 is 0. The molecule has 1 aliphatic rings. The van der Waals surface area contributed by atoms with Gasteiger partial charge in [-0.25, -0.2) is 4.79 Å². The van der Waals surface area contributed by atoms with Crippen LogP contribution in [0.5, 0.6) is 0 Å². The average Bonchev–Trinajstić information content (AvgIpc) is 2.54. The molecule has 0 radical (unpaired) electrons. The van der Waals surface area contributed by atoms with Crippen molar-refractivity contribution in [3.8, 4) is 6.07 Å². The maximum atomic E-state index is 12.5. The van der Waals surface area contributed by atoms with E-state index in [4.69, 9.17) is 15.2 Å². The van der Waals surface area contributed by atoms with Gasteiger partial charge in [-0.2, -0.15) is 5.26 Å². The third-order valence-electron chi connectivity index (χ3n) is 4.18. The number of aryl methyl sites for hydroxylation is 2. The van der Waals surface area contributed by atoms with Gasteiger partial charge in [-0.05, 0) is 43.9 Å². The fourth-order valence-corrected chi connectivity index (χ4v) is 3.11. The minimum atomic E-state index is -0.570. The van der Waals surface area contributed by atoms with Crippen LogP contribution < -0.4 is 5.73 Å². The fraction of sp³-hybridized carbons (Fsp3) is 0.368. The lowest BCUT2D eigenvalue weighted by Gasteiger charge is -2.29. The Labute approximate surface area is 142 Å². The lowest BCUT2D eigenvalue weighted by Crippen LogP contribution is -2.26. The molecule has 1 atom stereocenters. The van der Waals surface area contributed by atoms with Crippen LogP contribution in [0.2, 0.25) is 0 Å². The quantitative estimate of drug-likeness (QED) is 0.859. The first-order chi connectivity index (χ1) is 11.5. The summed E-state index contributed by atoms with van der Waals surface area (Å²) in [6.07, 6.45) is 0.780. The Hall–Kier alpha value is -2.74. The van der Waals surface area contributed by atoms with Crippen LogP contribution in [0, 0.1) is 18.3 Å². The Balaban J connectivity index is 2.75. The lowest BCUT2D eigenvalue weighted by atomic mass is 9.78. The predicted octanol–water partition coefficient (Wildman–Crippen LogP) is 3.20. The Bertz CT molecular complexity index is 769. The van der Waals surface area contributed by atoms with Crippen molar-refractivity contribution >= 4 is 5.97 Å². The van der Waals surface area contributed by atoms with Gasteiger partial charge in [0, 0.05) is 0 Å². The second-order valence-corrected chi connectivity index (χ2v) is 5.62. The third-order valence-corrected chi connectivity index (χ3v) is 4.18. The summed E-state index contributed by atoms with van der Waals surface area (Å²) in [6.45, 7) is 7.67. The first-order valence-electron chi connectivity index (χ1n) is 8.00. The Kier molecular flexibility index (Phi) is 5.30. The number of nitrogens with zero attached hydrogens (tertiary/aromatic N) is 1. The zero-order chi connectivity index (χ0) is 17.9. The minimum Gasteiger partial charge on any atom is -0.463 e. The van der Waals surface area contributed by atoms with Crippen molar-refractivity contribution in [1.82, 2.24) is 0 Å². The maximum Gasteiger partial charge on any atom is 0.338 e. The minimum absolute atomic E-state index is 0.0401. The zero-order valence-electron chi connectivity index (χ0n) is 14.5. The molecule has 24 heavy (non-hydrogen) atoms. The third kappa shape index (κ3) is 3.00. The number of nitrogens with two attached hydrogens (primary N) is 1. The number of hydrogen-bond donors (Lipinski definition) is 1. The second-order valence-electron chi connectivity index (χ2n) is 5.62. The standard InChI is InChI=1S/C19H22N2O3/c1-5-13-9-7-8-11(3)15(13)17-14(10-20)18(21)24-12(4)16(17)19(22)23-6-2/h7-9,17H,5-6,21H2,1-4H3. The van der Waals surface area contributed by atoms with Gasteiger partial charge in [0.2, 0.25) is 5.88 Å². The summed E-state index contributed by atoms with van der Waals surface area (Å²) in [5, 5.41) is 9.62. The van der Waals surface area contributed by atoms with Crippen LogP contribution in [0.1, 0.15) is 43.4 Å². The highest BCUT2D eigenvalue weighted by atomic mass is 16.5. The van der Waals surface area contributed by atoms with Crippen LogP contribution in [-0.4, -0.2) is 12.6 Å². The molecule has 1 aromatic carbocycles. The summed E-state index contributed by atoms with van der Waals surface area (Å²) in [5.74, 6) is -0.636. The fourth-order valence-electron chi connectivity index (χ4n) is 3.11. The summed E-state index contributed by atoms with van der Waals surface area (Å²) < 4.78 is 10.6. The van der Waals surface area contributed by atoms with E-state index in [2.05, 4.69) is 6.07 Å². The molecule has 0 saturated carbocycles. The highest BCUT2D eigenvalue weighted by molar-refractivity contribution is 5.92. The van der Waals surface area contributed by atoms with Crippen molar-refractivity contribution < 1.29 is 14.3 Å². The number of nitriles is 1. The van der Waals surface area contributed by atoms with E-state index in [1.165, 1.54) is 0 Å². The molecule has 0 spiro atoms. The van der Waals surface area contributed by atoms with Gasteiger partial charge in [-0.1, -0.05) is 25.1 Å². The first-order valence-corrected chi connectivity index (χ1v) is 8.00. The summed E-state index contributed by atoms with van der Waals surface area (Å²) in [4.78, 5) is 12.5. The van der Waals surface area contributed by atoms with Crippen LogP contribution in [0.4, 0.5) is 0 Å². The average molecular weight is 326 g/mol. The van der Waals surface area contributed by atoms with Gasteiger partial charge < -0.3 is 15.2 Å². The van der Waals surface area contributed by atoms with E-state index in [1.807, 2.05) is 32.0 Å². The number of allylic oxidation sites excluding steroid dienone is 2. The SMILES string of the molecule is CCOC(=O)C1=C(C)OC(N)=C(C#N)C1c1c(C)cccc1CC. The number of ether oxygens (including phenoxy) is 2. The number of carbonyl (C=O) groups is 1. The van der Waals surface area contributed by atoms with Gasteiger partial charge >= 0.3 is 5.97 Å². The molecule has 5 nitrogen and oxygen atoms in total. The zero-order valence-corrected chi connectivity index (χ0v) is 14.5. The summed E-state index contributed by atoms with van der Waals surface area (Å²) in [5.41, 5.74) is 9.50. The van der Waals surface area contributed by atoms with Crippen LogP contribution in [0.15, 0.2) is 41.0 Å². The Morgan fingerprint density at radius 3 is 2.67 bits per heavy atom. The van der Waals surface area contributed by atoms with Crippen molar-refractivity contribution in [3.05, 3.63) is 57.7 Å². The smallest absolute Gasteiger partial charge is 0.338 e. The summed E-state index contributed by atoms with van der Waals surface area (Å²) in [6, 6.07) is 8.05. The predicted molar refractivity (Wildman–Crippen MR) is 90.5 cm³/mol. The van der Waals surface area contributed by atoms with Crippen LogP contribution >= 0.6 is 0 Å². The van der Waals surface area contributed by atoms with Crippen LogP contribution in [0.3, 0.4) is 0 Å². The van der Waals surface area contributed by atoms with Gasteiger partial charge in [0.05, 0.1) is 18.1 Å². The molecule has 0 fully saturated rings. The van der Waals surface area contributed by atoms with E-state index < -0.39 is 11.9 Å². The van der Waals surface area contributed by atoms with Crippen molar-refractivity contribution in [1.29, 1.82) is 5.26 Å². The lowest BCUT2D eigenvalue weighted by molar-refractivity contribution is -0.139. The second kappa shape index (κ2) is 7.22. The highest BCUT2D eigenvalue weighted by Crippen LogP contribution is 2.42.